The minimum Gasteiger partial charge on any atom is -0.481 e. The molecule has 0 radical (unpaired) electrons. The fourth-order valence-corrected chi connectivity index (χ4v) is 3.54. The first-order valence-electron chi connectivity index (χ1n) is 10.6. The van der Waals surface area contributed by atoms with Crippen molar-refractivity contribution in [1.82, 2.24) is 15.1 Å². The lowest BCUT2D eigenvalue weighted by molar-refractivity contribution is -0.138. The number of benzene rings is 2. The number of carbonyl (C=O) groups is 1. The molecule has 1 aromatic heterocycles. The number of hydrogen-bond acceptors (Lipinski definition) is 6. The third-order valence-corrected chi connectivity index (χ3v) is 5.29. The first-order valence-corrected chi connectivity index (χ1v) is 10.6. The Labute approximate surface area is 182 Å². The summed E-state index contributed by atoms with van der Waals surface area (Å²) < 4.78 is 5.77. The summed E-state index contributed by atoms with van der Waals surface area (Å²) in [6, 6.07) is 23.5. The number of hydrogen-bond donors (Lipinski definition) is 1. The number of amides is 1. The van der Waals surface area contributed by atoms with Gasteiger partial charge in [-0.1, -0.05) is 48.5 Å². The van der Waals surface area contributed by atoms with Crippen LogP contribution in [0.15, 0.2) is 72.8 Å². The van der Waals surface area contributed by atoms with E-state index < -0.39 is 6.10 Å². The maximum absolute atomic E-state index is 12.7. The topological polar surface area (TPSA) is 70.6 Å². The minimum absolute atomic E-state index is 0.00930. The molecule has 3 aromatic rings. The van der Waals surface area contributed by atoms with Crippen LogP contribution in [0, 0.1) is 0 Å². The molecule has 31 heavy (non-hydrogen) atoms. The highest BCUT2D eigenvalue weighted by Gasteiger charge is 2.26. The molecule has 0 aliphatic carbocycles. The van der Waals surface area contributed by atoms with Crippen molar-refractivity contribution in [1.29, 1.82) is 0 Å². The fraction of sp³-hybridized carbons (Fsp3) is 0.292. The molecule has 1 atom stereocenters. The Bertz CT molecular complexity index is 958. The number of aromatic nitrogens is 2. The highest BCUT2D eigenvalue weighted by Crippen LogP contribution is 2.17. The van der Waals surface area contributed by atoms with Gasteiger partial charge in [-0.05, 0) is 36.8 Å². The van der Waals surface area contributed by atoms with Gasteiger partial charge in [0.25, 0.3) is 5.91 Å². The maximum atomic E-state index is 12.7. The van der Waals surface area contributed by atoms with E-state index in [9.17, 15) is 4.79 Å². The first kappa shape index (κ1) is 20.7. The average Bonchev–Trinajstić information content (AvgIpc) is 2.84. The number of nitrogens with one attached hydrogen (secondary N) is 1. The zero-order chi connectivity index (χ0) is 21.5. The predicted octanol–water partition coefficient (Wildman–Crippen LogP) is 3.20. The van der Waals surface area contributed by atoms with E-state index in [2.05, 4.69) is 32.5 Å². The molecule has 1 amide bonds. The molecule has 1 N–H and O–H groups in total. The van der Waals surface area contributed by atoms with Crippen LogP contribution in [0.5, 0.6) is 5.75 Å². The number of carbonyl (C=O) groups excluding carboxylic acids is 1. The zero-order valence-corrected chi connectivity index (χ0v) is 17.6. The number of nitrogens with zero attached hydrogens (tertiary/aromatic N) is 4. The van der Waals surface area contributed by atoms with Crippen LogP contribution < -0.4 is 15.0 Å². The number of para-hydroxylation sites is 1. The standard InChI is InChI=1S/C24H27N5O2/c1-19(31-21-10-6-3-7-11-21)24(30)29-16-14-28(15-17-29)23-13-12-22(26-27-23)25-18-20-8-4-2-5-9-20/h2-13,19H,14-18H2,1H3,(H,25,26)/t19-/m0/s1. The summed E-state index contributed by atoms with van der Waals surface area (Å²) in [5, 5.41) is 11.9. The van der Waals surface area contributed by atoms with Gasteiger partial charge in [0, 0.05) is 32.7 Å². The molecule has 7 nitrogen and oxygen atoms in total. The van der Waals surface area contributed by atoms with Crippen molar-refractivity contribution >= 4 is 17.5 Å². The van der Waals surface area contributed by atoms with Crippen molar-refractivity contribution in [3.63, 3.8) is 0 Å². The van der Waals surface area contributed by atoms with Crippen molar-refractivity contribution in [3.8, 4) is 5.75 Å². The van der Waals surface area contributed by atoms with Crippen LogP contribution >= 0.6 is 0 Å². The normalized spacial score (nSPS) is 14.7. The molecule has 1 fully saturated rings. The van der Waals surface area contributed by atoms with Crippen LogP contribution in [-0.4, -0.2) is 53.3 Å². The number of piperazine rings is 1. The van der Waals surface area contributed by atoms with Crippen molar-refractivity contribution in [2.45, 2.75) is 19.6 Å². The second-order valence-corrected chi connectivity index (χ2v) is 7.50. The molecule has 0 bridgehead atoms. The molecular formula is C24H27N5O2. The van der Waals surface area contributed by atoms with Gasteiger partial charge in [-0.2, -0.15) is 0 Å². The molecule has 1 aliphatic rings. The minimum atomic E-state index is -0.510. The molecule has 1 aliphatic heterocycles. The van der Waals surface area contributed by atoms with Crippen LogP contribution in [0.2, 0.25) is 0 Å². The van der Waals surface area contributed by atoms with Gasteiger partial charge in [-0.25, -0.2) is 0 Å². The van der Waals surface area contributed by atoms with E-state index in [4.69, 9.17) is 4.74 Å². The first-order chi connectivity index (χ1) is 15.2. The maximum Gasteiger partial charge on any atom is 0.263 e. The van der Waals surface area contributed by atoms with Gasteiger partial charge < -0.3 is 19.9 Å². The van der Waals surface area contributed by atoms with Gasteiger partial charge in [-0.3, -0.25) is 4.79 Å². The molecule has 2 aromatic carbocycles. The van der Waals surface area contributed by atoms with Crippen LogP contribution in [0.4, 0.5) is 11.6 Å². The SMILES string of the molecule is C[C@H](Oc1ccccc1)C(=O)N1CCN(c2ccc(NCc3ccccc3)nn2)CC1. The third-order valence-electron chi connectivity index (χ3n) is 5.29. The monoisotopic (exact) mass is 417 g/mol. The van der Waals surface area contributed by atoms with Gasteiger partial charge >= 0.3 is 0 Å². The molecule has 1 saturated heterocycles. The Kier molecular flexibility index (Phi) is 6.62. The largest absolute Gasteiger partial charge is 0.481 e. The van der Waals surface area contributed by atoms with Crippen molar-refractivity contribution in [2.75, 3.05) is 36.4 Å². The van der Waals surface area contributed by atoms with Crippen LogP contribution in [0.3, 0.4) is 0 Å². The predicted molar refractivity (Wildman–Crippen MR) is 121 cm³/mol. The Morgan fingerprint density at radius 1 is 0.935 bits per heavy atom. The van der Waals surface area contributed by atoms with E-state index in [-0.39, 0.29) is 5.91 Å². The summed E-state index contributed by atoms with van der Waals surface area (Å²) in [5.74, 6) is 2.28. The average molecular weight is 418 g/mol. The summed E-state index contributed by atoms with van der Waals surface area (Å²) in [6.07, 6.45) is -0.510. The molecule has 0 saturated carbocycles. The van der Waals surface area contributed by atoms with Gasteiger partial charge in [0.05, 0.1) is 0 Å². The number of anilines is 2. The summed E-state index contributed by atoms with van der Waals surface area (Å²) in [4.78, 5) is 16.7. The number of rotatable bonds is 7. The summed E-state index contributed by atoms with van der Waals surface area (Å²) in [5.41, 5.74) is 1.19. The van der Waals surface area contributed by atoms with Gasteiger partial charge in [0.1, 0.15) is 11.6 Å². The Morgan fingerprint density at radius 2 is 1.61 bits per heavy atom. The van der Waals surface area contributed by atoms with Crippen LogP contribution in [-0.2, 0) is 11.3 Å². The van der Waals surface area contributed by atoms with Crippen LogP contribution in [0.1, 0.15) is 12.5 Å². The van der Waals surface area contributed by atoms with Gasteiger partial charge in [-0.15, -0.1) is 10.2 Å². The van der Waals surface area contributed by atoms with E-state index in [1.807, 2.05) is 65.6 Å². The van der Waals surface area contributed by atoms with Crippen molar-refractivity contribution in [2.24, 2.45) is 0 Å². The Hall–Kier alpha value is -3.61. The molecular weight excluding hydrogens is 390 g/mol. The zero-order valence-electron chi connectivity index (χ0n) is 17.6. The lowest BCUT2D eigenvalue weighted by atomic mass is 10.2. The molecule has 7 heteroatoms. The second kappa shape index (κ2) is 9.93. The highest BCUT2D eigenvalue weighted by molar-refractivity contribution is 5.81. The van der Waals surface area contributed by atoms with Crippen molar-refractivity contribution < 1.29 is 9.53 Å². The Balaban J connectivity index is 1.26. The number of ether oxygens (including phenoxy) is 1. The van der Waals surface area contributed by atoms with E-state index in [1.54, 1.807) is 6.92 Å². The van der Waals surface area contributed by atoms with Crippen molar-refractivity contribution in [3.05, 3.63) is 78.4 Å². The van der Waals surface area contributed by atoms with E-state index in [1.165, 1.54) is 5.56 Å². The molecule has 4 rings (SSSR count). The van der Waals surface area contributed by atoms with E-state index in [0.29, 0.717) is 25.4 Å². The smallest absolute Gasteiger partial charge is 0.263 e. The molecule has 0 spiro atoms. The van der Waals surface area contributed by atoms with Crippen LogP contribution in [0.25, 0.3) is 0 Å². The lowest BCUT2D eigenvalue weighted by Gasteiger charge is -2.36. The highest BCUT2D eigenvalue weighted by atomic mass is 16.5. The third kappa shape index (κ3) is 5.51. The summed E-state index contributed by atoms with van der Waals surface area (Å²) in [6.45, 7) is 5.21. The lowest BCUT2D eigenvalue weighted by Crippen LogP contribution is -2.52. The van der Waals surface area contributed by atoms with Gasteiger partial charge in [0.15, 0.2) is 11.9 Å². The molecule has 2 heterocycles. The summed E-state index contributed by atoms with van der Waals surface area (Å²) in [7, 11) is 0. The molecule has 160 valence electrons. The fourth-order valence-electron chi connectivity index (χ4n) is 3.54. The molecule has 0 unspecified atom stereocenters. The van der Waals surface area contributed by atoms with Gasteiger partial charge in [0.2, 0.25) is 0 Å². The Morgan fingerprint density at radius 3 is 2.26 bits per heavy atom. The van der Waals surface area contributed by atoms with E-state index >= 15 is 0 Å². The quantitative estimate of drug-likeness (QED) is 0.637. The second-order valence-electron chi connectivity index (χ2n) is 7.50. The summed E-state index contributed by atoms with van der Waals surface area (Å²) >= 11 is 0. The van der Waals surface area contributed by atoms with E-state index in [0.717, 1.165) is 24.7 Å².